The fourth-order valence-corrected chi connectivity index (χ4v) is 1.79. The van der Waals surface area contributed by atoms with Crippen LogP contribution in [0.2, 0.25) is 0 Å². The highest BCUT2D eigenvalue weighted by Gasteiger charge is 2.12. The first-order valence-electron chi connectivity index (χ1n) is 6.91. The number of carbonyl (C=O) groups is 1. The van der Waals surface area contributed by atoms with Crippen LogP contribution < -0.4 is 10.6 Å². The summed E-state index contributed by atoms with van der Waals surface area (Å²) < 4.78 is 31.3. The summed E-state index contributed by atoms with van der Waals surface area (Å²) >= 11 is 0. The fraction of sp³-hybridized carbons (Fsp3) is 0.267. The molecule has 1 aromatic heterocycles. The summed E-state index contributed by atoms with van der Waals surface area (Å²) in [5, 5.41) is 5.36. The van der Waals surface area contributed by atoms with E-state index in [1.54, 1.807) is 7.11 Å². The lowest BCUT2D eigenvalue weighted by molar-refractivity contribution is 0.102. The molecule has 2 N–H and O–H groups in total. The van der Waals surface area contributed by atoms with Crippen LogP contribution in [-0.2, 0) is 4.74 Å². The van der Waals surface area contributed by atoms with E-state index in [9.17, 15) is 13.6 Å². The lowest BCUT2D eigenvalue weighted by Gasteiger charge is -2.08. The van der Waals surface area contributed by atoms with E-state index < -0.39 is 17.5 Å². The lowest BCUT2D eigenvalue weighted by Crippen LogP contribution is -2.16. The molecule has 0 spiro atoms. The predicted octanol–water partition coefficient (Wildman–Crippen LogP) is 2.46. The molecule has 0 bridgehead atoms. The minimum Gasteiger partial charge on any atom is -0.385 e. The molecular weight excluding hydrogens is 306 g/mol. The van der Waals surface area contributed by atoms with Crippen molar-refractivity contribution in [2.45, 2.75) is 6.42 Å². The maximum Gasteiger partial charge on any atom is 0.274 e. The van der Waals surface area contributed by atoms with Crippen LogP contribution in [0.3, 0.4) is 0 Å². The van der Waals surface area contributed by atoms with E-state index in [2.05, 4.69) is 20.6 Å². The van der Waals surface area contributed by atoms with Crippen LogP contribution in [0.5, 0.6) is 0 Å². The van der Waals surface area contributed by atoms with E-state index >= 15 is 0 Å². The third kappa shape index (κ3) is 4.96. The molecule has 0 aliphatic rings. The molecule has 1 heterocycles. The number of rotatable bonds is 7. The first-order chi connectivity index (χ1) is 11.1. The van der Waals surface area contributed by atoms with Gasteiger partial charge in [0, 0.05) is 32.4 Å². The molecule has 2 aromatic rings. The van der Waals surface area contributed by atoms with Crippen molar-refractivity contribution in [1.82, 2.24) is 9.97 Å². The molecular formula is C15H16F2N4O2. The van der Waals surface area contributed by atoms with Crippen molar-refractivity contribution in [3.8, 4) is 0 Å². The highest BCUT2D eigenvalue weighted by Crippen LogP contribution is 2.16. The summed E-state index contributed by atoms with van der Waals surface area (Å²) in [7, 11) is 1.61. The summed E-state index contributed by atoms with van der Waals surface area (Å²) in [6.45, 7) is 1.23. The molecule has 0 saturated carbocycles. The van der Waals surface area contributed by atoms with Gasteiger partial charge in [-0.25, -0.2) is 18.7 Å². The van der Waals surface area contributed by atoms with Gasteiger partial charge >= 0.3 is 0 Å². The first-order valence-corrected chi connectivity index (χ1v) is 6.91. The van der Waals surface area contributed by atoms with Gasteiger partial charge in [-0.2, -0.15) is 0 Å². The number of hydrogen-bond acceptors (Lipinski definition) is 5. The number of benzene rings is 1. The van der Waals surface area contributed by atoms with Crippen molar-refractivity contribution in [3.63, 3.8) is 0 Å². The van der Waals surface area contributed by atoms with Gasteiger partial charge in [0.2, 0.25) is 0 Å². The normalized spacial score (nSPS) is 10.4. The SMILES string of the molecule is COCCCNc1cc(C(=O)Nc2ccc(F)cc2F)ncn1. The van der Waals surface area contributed by atoms with Crippen molar-refractivity contribution in [2.24, 2.45) is 0 Å². The molecule has 0 saturated heterocycles. The van der Waals surface area contributed by atoms with Gasteiger partial charge in [-0.05, 0) is 18.6 Å². The van der Waals surface area contributed by atoms with Crippen molar-refractivity contribution in [1.29, 1.82) is 0 Å². The quantitative estimate of drug-likeness (QED) is 0.766. The highest BCUT2D eigenvalue weighted by molar-refractivity contribution is 6.03. The van der Waals surface area contributed by atoms with Crippen LogP contribution in [0.1, 0.15) is 16.9 Å². The molecule has 6 nitrogen and oxygen atoms in total. The number of carbonyl (C=O) groups excluding carboxylic acids is 1. The largest absolute Gasteiger partial charge is 0.385 e. The van der Waals surface area contributed by atoms with E-state index in [4.69, 9.17) is 4.74 Å². The Kier molecular flexibility index (Phi) is 5.93. The first kappa shape index (κ1) is 16.8. The number of ether oxygens (including phenoxy) is 1. The molecule has 23 heavy (non-hydrogen) atoms. The Labute approximate surface area is 131 Å². The Bertz CT molecular complexity index is 682. The van der Waals surface area contributed by atoms with Gasteiger partial charge in [0.1, 0.15) is 29.5 Å². The standard InChI is InChI=1S/C15H16F2N4O2/c1-23-6-2-5-18-14-8-13(19-9-20-14)15(22)21-12-4-3-10(16)7-11(12)17/h3-4,7-9H,2,5-6H2,1H3,(H,21,22)(H,18,19,20). The smallest absolute Gasteiger partial charge is 0.274 e. The van der Waals surface area contributed by atoms with Gasteiger partial charge in [-0.3, -0.25) is 4.79 Å². The maximum atomic E-state index is 13.5. The van der Waals surface area contributed by atoms with E-state index in [1.165, 1.54) is 12.4 Å². The topological polar surface area (TPSA) is 76.1 Å². The molecule has 1 amide bonds. The zero-order valence-corrected chi connectivity index (χ0v) is 12.5. The number of hydrogen-bond donors (Lipinski definition) is 2. The second-order valence-electron chi connectivity index (χ2n) is 4.64. The highest BCUT2D eigenvalue weighted by atomic mass is 19.1. The lowest BCUT2D eigenvalue weighted by atomic mass is 10.2. The minimum atomic E-state index is -0.856. The third-order valence-electron chi connectivity index (χ3n) is 2.91. The summed E-state index contributed by atoms with van der Waals surface area (Å²) in [5.74, 6) is -1.71. The van der Waals surface area contributed by atoms with E-state index in [0.29, 0.717) is 25.0 Å². The Morgan fingerprint density at radius 3 is 2.83 bits per heavy atom. The van der Waals surface area contributed by atoms with Gasteiger partial charge in [0.05, 0.1) is 5.69 Å². The summed E-state index contributed by atoms with van der Waals surface area (Å²) in [4.78, 5) is 19.9. The monoisotopic (exact) mass is 322 g/mol. The van der Waals surface area contributed by atoms with E-state index in [0.717, 1.165) is 18.6 Å². The molecule has 2 rings (SSSR count). The minimum absolute atomic E-state index is 0.0676. The number of nitrogens with zero attached hydrogens (tertiary/aromatic N) is 2. The number of nitrogens with one attached hydrogen (secondary N) is 2. The molecule has 0 aliphatic heterocycles. The Morgan fingerprint density at radius 1 is 1.26 bits per heavy atom. The second kappa shape index (κ2) is 8.14. The summed E-state index contributed by atoms with van der Waals surface area (Å²) in [5.41, 5.74) is -0.0532. The molecule has 8 heteroatoms. The van der Waals surface area contributed by atoms with E-state index in [1.807, 2.05) is 0 Å². The van der Waals surface area contributed by atoms with Gasteiger partial charge in [0.15, 0.2) is 0 Å². The Balaban J connectivity index is 2.01. The maximum absolute atomic E-state index is 13.5. The van der Waals surface area contributed by atoms with Crippen molar-refractivity contribution in [3.05, 3.63) is 47.9 Å². The second-order valence-corrected chi connectivity index (χ2v) is 4.64. The Morgan fingerprint density at radius 2 is 2.09 bits per heavy atom. The predicted molar refractivity (Wildman–Crippen MR) is 81.3 cm³/mol. The number of aromatic nitrogens is 2. The molecule has 122 valence electrons. The van der Waals surface area contributed by atoms with Gasteiger partial charge < -0.3 is 15.4 Å². The van der Waals surface area contributed by atoms with Crippen molar-refractivity contribution >= 4 is 17.4 Å². The molecule has 0 atom stereocenters. The number of anilines is 2. The number of halogens is 2. The van der Waals surface area contributed by atoms with Gasteiger partial charge in [-0.1, -0.05) is 0 Å². The van der Waals surface area contributed by atoms with Crippen LogP contribution in [0.4, 0.5) is 20.3 Å². The Hall–Kier alpha value is -2.61. The summed E-state index contributed by atoms with van der Waals surface area (Å²) in [6.07, 6.45) is 2.01. The van der Waals surface area contributed by atoms with Gasteiger partial charge in [-0.15, -0.1) is 0 Å². The van der Waals surface area contributed by atoms with Crippen molar-refractivity contribution < 1.29 is 18.3 Å². The average Bonchev–Trinajstić information content (AvgIpc) is 2.54. The third-order valence-corrected chi connectivity index (χ3v) is 2.91. The number of methoxy groups -OCH3 is 1. The van der Waals surface area contributed by atoms with Crippen LogP contribution in [0, 0.1) is 11.6 Å². The van der Waals surface area contributed by atoms with Crippen LogP contribution >= 0.6 is 0 Å². The molecule has 1 aromatic carbocycles. The molecule has 0 radical (unpaired) electrons. The van der Waals surface area contributed by atoms with Crippen LogP contribution in [-0.4, -0.2) is 36.1 Å². The molecule has 0 unspecified atom stereocenters. The fourth-order valence-electron chi connectivity index (χ4n) is 1.79. The van der Waals surface area contributed by atoms with Crippen LogP contribution in [0.25, 0.3) is 0 Å². The number of amides is 1. The van der Waals surface area contributed by atoms with Gasteiger partial charge in [0.25, 0.3) is 5.91 Å². The zero-order chi connectivity index (χ0) is 16.7. The average molecular weight is 322 g/mol. The van der Waals surface area contributed by atoms with Crippen LogP contribution in [0.15, 0.2) is 30.6 Å². The summed E-state index contributed by atoms with van der Waals surface area (Å²) in [6, 6.07) is 4.34. The molecule has 0 fully saturated rings. The zero-order valence-electron chi connectivity index (χ0n) is 12.5. The molecule has 0 aliphatic carbocycles. The van der Waals surface area contributed by atoms with E-state index in [-0.39, 0.29) is 11.4 Å². The van der Waals surface area contributed by atoms with Crippen molar-refractivity contribution in [2.75, 3.05) is 30.9 Å².